The first-order chi connectivity index (χ1) is 31.2. The van der Waals surface area contributed by atoms with Gasteiger partial charge in [-0.15, -0.1) is 0 Å². The van der Waals surface area contributed by atoms with Crippen molar-refractivity contribution < 1.29 is 0 Å². The zero-order valence-electron chi connectivity index (χ0n) is 35.0. The van der Waals surface area contributed by atoms with Gasteiger partial charge in [-0.25, -0.2) is 0 Å². The van der Waals surface area contributed by atoms with Crippen LogP contribution in [0, 0.1) is 0 Å². The molecule has 0 radical (unpaired) electrons. The molecule has 1 aromatic heterocycles. The number of aromatic nitrogens is 1. The molecule has 0 bridgehead atoms. The number of rotatable bonds is 6. The summed E-state index contributed by atoms with van der Waals surface area (Å²) in [6.07, 6.45) is 0.939. The van der Waals surface area contributed by atoms with Gasteiger partial charge in [0.2, 0.25) is 0 Å². The zero-order valence-corrected chi connectivity index (χ0v) is 35.0. The first-order valence-corrected chi connectivity index (χ1v) is 22.2. The molecule has 1 spiro atoms. The van der Waals surface area contributed by atoms with E-state index in [0.717, 1.165) is 29.2 Å². The predicted octanol–water partition coefficient (Wildman–Crippen LogP) is 16.0. The van der Waals surface area contributed by atoms with Crippen molar-refractivity contribution in [1.82, 2.24) is 4.57 Å². The smallest absolute Gasteiger partial charge is 0.0729 e. The van der Waals surface area contributed by atoms with Gasteiger partial charge in [-0.3, -0.25) is 0 Å². The Balaban J connectivity index is 1.13. The number of hydrogen-bond donors (Lipinski definition) is 0. The van der Waals surface area contributed by atoms with Crippen LogP contribution in [0.4, 0.5) is 17.1 Å². The maximum atomic E-state index is 2.54. The Labute approximate surface area is 367 Å². The lowest BCUT2D eigenvalue weighted by molar-refractivity contribution is 0.759. The maximum absolute atomic E-state index is 2.54. The Kier molecular flexibility index (Phi) is 7.83. The van der Waals surface area contributed by atoms with Crippen molar-refractivity contribution >= 4 is 49.6 Å². The average Bonchev–Trinajstić information content (AvgIpc) is 3.85. The van der Waals surface area contributed by atoms with E-state index in [0.29, 0.717) is 0 Å². The molecule has 13 rings (SSSR count). The topological polar surface area (TPSA) is 8.17 Å². The van der Waals surface area contributed by atoms with E-state index < -0.39 is 5.41 Å². The third-order valence-electron chi connectivity index (χ3n) is 14.0. The van der Waals surface area contributed by atoms with Gasteiger partial charge in [-0.05, 0) is 133 Å². The number of nitrogens with zero attached hydrogens (tertiary/aromatic N) is 2. The number of anilines is 3. The van der Waals surface area contributed by atoms with Crippen LogP contribution in [0.3, 0.4) is 0 Å². The minimum absolute atomic E-state index is 0.532. The van der Waals surface area contributed by atoms with Gasteiger partial charge in [-0.1, -0.05) is 177 Å². The molecule has 2 heteroatoms. The van der Waals surface area contributed by atoms with E-state index in [9.17, 15) is 0 Å². The summed E-state index contributed by atoms with van der Waals surface area (Å²) in [7, 11) is 0. The Morgan fingerprint density at radius 1 is 0.429 bits per heavy atom. The molecular weight excluding hydrogens is 761 g/mol. The van der Waals surface area contributed by atoms with Crippen LogP contribution < -0.4 is 4.90 Å². The van der Waals surface area contributed by atoms with E-state index >= 15 is 0 Å². The predicted molar refractivity (Wildman–Crippen MR) is 264 cm³/mol. The molecule has 0 N–H and O–H groups in total. The quantitative estimate of drug-likeness (QED) is 0.163. The second-order valence-corrected chi connectivity index (χ2v) is 17.0. The molecule has 1 atom stereocenters. The average molecular weight is 803 g/mol. The molecule has 0 fully saturated rings. The second-order valence-electron chi connectivity index (χ2n) is 17.0. The number of aryl methyl sites for hydroxylation is 1. The lowest BCUT2D eigenvalue weighted by Crippen LogP contribution is -2.33. The summed E-state index contributed by atoms with van der Waals surface area (Å²) < 4.78 is 2.42. The fraction of sp³-hybridized carbons (Fsp3) is 0.0492. The lowest BCUT2D eigenvalue weighted by atomic mass is 9.60. The minimum atomic E-state index is -0.532. The summed E-state index contributed by atoms with van der Waals surface area (Å²) in [6, 6.07) is 83.6. The van der Waals surface area contributed by atoms with E-state index in [1.54, 1.807) is 0 Å². The van der Waals surface area contributed by atoms with Crippen molar-refractivity contribution in [3.05, 3.63) is 252 Å². The Morgan fingerprint density at radius 3 is 1.81 bits per heavy atom. The molecule has 63 heavy (non-hydrogen) atoms. The number of para-hydroxylation sites is 2. The molecule has 0 saturated heterocycles. The van der Waals surface area contributed by atoms with Crippen molar-refractivity contribution in [1.29, 1.82) is 0 Å². The molecular formula is C61H42N2. The third-order valence-corrected chi connectivity index (χ3v) is 14.0. The first kappa shape index (κ1) is 35.8. The molecule has 2 nitrogen and oxygen atoms in total. The van der Waals surface area contributed by atoms with Gasteiger partial charge in [0, 0.05) is 27.8 Å². The van der Waals surface area contributed by atoms with Gasteiger partial charge in [0.05, 0.1) is 22.1 Å². The maximum Gasteiger partial charge on any atom is 0.0729 e. The summed E-state index contributed by atoms with van der Waals surface area (Å²) in [4.78, 5) is 2.51. The molecule has 296 valence electrons. The normalized spacial score (nSPS) is 14.6. The Morgan fingerprint density at radius 2 is 1.03 bits per heavy atom. The van der Waals surface area contributed by atoms with E-state index in [4.69, 9.17) is 0 Å². The monoisotopic (exact) mass is 802 g/mol. The van der Waals surface area contributed by atoms with Crippen LogP contribution >= 0.6 is 0 Å². The van der Waals surface area contributed by atoms with Crippen LogP contribution in [-0.2, 0) is 11.8 Å². The highest BCUT2D eigenvalue weighted by atomic mass is 15.1. The number of fused-ring (bicyclic) bond motifs is 12. The SMILES string of the molecule is CCc1ccc2cccc3c2c1C1(c2ccccc2-c2ccc(N(c4ccc(-c5ccccc5)cc4)c4cccc5c4c4ccccc4n5-c4ccccc4)cc21)c1ccccc1-3. The van der Waals surface area contributed by atoms with Crippen LogP contribution in [0.2, 0.25) is 0 Å². The summed E-state index contributed by atoms with van der Waals surface area (Å²) in [5, 5.41) is 5.10. The zero-order chi connectivity index (χ0) is 41.6. The summed E-state index contributed by atoms with van der Waals surface area (Å²) in [6.45, 7) is 2.32. The van der Waals surface area contributed by atoms with E-state index in [2.05, 4.69) is 241 Å². The largest absolute Gasteiger partial charge is 0.310 e. The van der Waals surface area contributed by atoms with Crippen LogP contribution in [0.1, 0.15) is 34.7 Å². The van der Waals surface area contributed by atoms with Crippen LogP contribution in [0.25, 0.3) is 71.6 Å². The highest BCUT2D eigenvalue weighted by Crippen LogP contribution is 2.63. The highest BCUT2D eigenvalue weighted by Gasteiger charge is 2.51. The van der Waals surface area contributed by atoms with Gasteiger partial charge >= 0.3 is 0 Å². The van der Waals surface area contributed by atoms with Gasteiger partial charge < -0.3 is 9.47 Å². The third kappa shape index (κ3) is 5.01. The fourth-order valence-electron chi connectivity index (χ4n) is 11.4. The highest BCUT2D eigenvalue weighted by molar-refractivity contribution is 6.17. The van der Waals surface area contributed by atoms with Gasteiger partial charge in [0.15, 0.2) is 0 Å². The van der Waals surface area contributed by atoms with Crippen molar-refractivity contribution in [2.45, 2.75) is 18.8 Å². The fourth-order valence-corrected chi connectivity index (χ4v) is 11.4. The molecule has 2 aliphatic carbocycles. The molecule has 0 saturated carbocycles. The molecule has 11 aromatic rings. The van der Waals surface area contributed by atoms with E-state index in [1.165, 1.54) is 93.8 Å². The van der Waals surface area contributed by atoms with E-state index in [1.807, 2.05) is 0 Å². The van der Waals surface area contributed by atoms with Gasteiger partial charge in [-0.2, -0.15) is 0 Å². The second kappa shape index (κ2) is 13.8. The van der Waals surface area contributed by atoms with Gasteiger partial charge in [0.25, 0.3) is 0 Å². The minimum Gasteiger partial charge on any atom is -0.310 e. The molecule has 10 aromatic carbocycles. The summed E-state index contributed by atoms with van der Waals surface area (Å²) in [5.74, 6) is 0. The van der Waals surface area contributed by atoms with Crippen LogP contribution in [0.15, 0.2) is 224 Å². The number of benzene rings is 10. The first-order valence-electron chi connectivity index (χ1n) is 22.2. The lowest BCUT2D eigenvalue weighted by Gasteiger charge is -2.41. The summed E-state index contributed by atoms with van der Waals surface area (Å²) >= 11 is 0. The standard InChI is InChI=1S/C61H42N2/c1-2-40-31-32-43-19-15-25-50-48-23-10-13-27-53(48)61(60(40)58(43)50)52-26-12-9-22-47(52)49-38-37-46(39-54(49)61)62(45-35-33-42(34-36-45)41-17-5-3-6-18-41)56-29-16-30-57-59(56)51-24-11-14-28-55(51)63(57)44-20-7-4-8-21-44/h3-39H,2H2,1H3. The van der Waals surface area contributed by atoms with Crippen LogP contribution in [0.5, 0.6) is 0 Å². The van der Waals surface area contributed by atoms with E-state index in [-0.39, 0.29) is 0 Å². The van der Waals surface area contributed by atoms with Crippen molar-refractivity contribution in [2.24, 2.45) is 0 Å². The Hall–Kier alpha value is -7.94. The molecule has 0 amide bonds. The molecule has 2 aliphatic rings. The summed E-state index contributed by atoms with van der Waals surface area (Å²) in [5.41, 5.74) is 20.8. The van der Waals surface area contributed by atoms with Crippen molar-refractivity contribution in [3.63, 3.8) is 0 Å². The number of hydrogen-bond acceptors (Lipinski definition) is 1. The molecule has 1 unspecified atom stereocenters. The van der Waals surface area contributed by atoms with Crippen molar-refractivity contribution in [2.75, 3.05) is 4.90 Å². The molecule has 0 aliphatic heterocycles. The van der Waals surface area contributed by atoms with Gasteiger partial charge in [0.1, 0.15) is 0 Å². The molecule has 1 heterocycles. The van der Waals surface area contributed by atoms with Crippen LogP contribution in [-0.4, -0.2) is 4.57 Å². The van der Waals surface area contributed by atoms with Crippen molar-refractivity contribution in [3.8, 4) is 39.1 Å². The Bertz CT molecular complexity index is 3600.